The van der Waals surface area contributed by atoms with Gasteiger partial charge in [0.25, 0.3) is 0 Å². The monoisotopic (exact) mass is 293 g/mol. The second-order valence-corrected chi connectivity index (χ2v) is 5.14. The Balaban J connectivity index is 2.15. The number of amides is 1. The molecule has 0 aliphatic carbocycles. The second kappa shape index (κ2) is 6.03. The third-order valence-corrected chi connectivity index (χ3v) is 3.86. The first kappa shape index (κ1) is 15.2. The van der Waals surface area contributed by atoms with Crippen LogP contribution in [-0.2, 0) is 16.1 Å². The summed E-state index contributed by atoms with van der Waals surface area (Å²) in [5, 5.41) is 9.12. The van der Waals surface area contributed by atoms with Crippen molar-refractivity contribution in [2.75, 3.05) is 20.8 Å². The highest BCUT2D eigenvalue weighted by molar-refractivity contribution is 5.88. The number of carboxylic acid groups (broad SMARTS) is 1. The Kier molecular flexibility index (Phi) is 4.35. The van der Waals surface area contributed by atoms with E-state index in [0.29, 0.717) is 18.0 Å². The summed E-state index contributed by atoms with van der Waals surface area (Å²) in [4.78, 5) is 24.8. The molecule has 6 heteroatoms. The molecule has 1 saturated heterocycles. The summed E-state index contributed by atoms with van der Waals surface area (Å²) in [7, 11) is 3.10. The molecule has 1 aliphatic heterocycles. The highest BCUT2D eigenvalue weighted by Gasteiger charge is 2.41. The zero-order valence-electron chi connectivity index (χ0n) is 12.3. The maximum Gasteiger partial charge on any atom is 0.309 e. The molecule has 2 atom stereocenters. The molecule has 0 aromatic heterocycles. The standard InChI is InChI=1S/C15H19NO5/c1-9-11(15(18)19)8-16(14(9)17)7-10-4-5-12(20-2)13(6-10)21-3/h4-6,9,11H,7-8H2,1-3H3,(H,18,19). The van der Waals surface area contributed by atoms with Crippen LogP contribution in [0.1, 0.15) is 12.5 Å². The van der Waals surface area contributed by atoms with E-state index in [1.165, 1.54) is 0 Å². The molecule has 1 aromatic carbocycles. The molecule has 2 rings (SSSR count). The van der Waals surface area contributed by atoms with Gasteiger partial charge in [-0.15, -0.1) is 0 Å². The van der Waals surface area contributed by atoms with Gasteiger partial charge in [-0.2, -0.15) is 0 Å². The first-order chi connectivity index (χ1) is 9.97. The third-order valence-electron chi connectivity index (χ3n) is 3.86. The van der Waals surface area contributed by atoms with Crippen molar-refractivity contribution in [2.45, 2.75) is 13.5 Å². The summed E-state index contributed by atoms with van der Waals surface area (Å²) in [6.07, 6.45) is 0. The smallest absolute Gasteiger partial charge is 0.309 e. The van der Waals surface area contributed by atoms with Crippen molar-refractivity contribution in [3.8, 4) is 11.5 Å². The molecule has 1 amide bonds. The average Bonchev–Trinajstić information content (AvgIpc) is 2.75. The average molecular weight is 293 g/mol. The molecular formula is C15H19NO5. The van der Waals surface area contributed by atoms with E-state index in [0.717, 1.165) is 5.56 Å². The zero-order chi connectivity index (χ0) is 15.6. The molecule has 1 aromatic rings. The number of ether oxygens (including phenoxy) is 2. The number of nitrogens with zero attached hydrogens (tertiary/aromatic N) is 1. The molecule has 114 valence electrons. The van der Waals surface area contributed by atoms with Crippen molar-refractivity contribution in [2.24, 2.45) is 11.8 Å². The fraction of sp³-hybridized carbons (Fsp3) is 0.467. The van der Waals surface area contributed by atoms with Gasteiger partial charge in [-0.05, 0) is 17.7 Å². The molecule has 1 fully saturated rings. The SMILES string of the molecule is COc1ccc(CN2CC(C(=O)O)C(C)C2=O)cc1OC. The van der Waals surface area contributed by atoms with Gasteiger partial charge in [-0.1, -0.05) is 13.0 Å². The molecule has 2 unspecified atom stereocenters. The number of likely N-dealkylation sites (tertiary alicyclic amines) is 1. The summed E-state index contributed by atoms with van der Waals surface area (Å²) in [6.45, 7) is 2.27. The lowest BCUT2D eigenvalue weighted by Gasteiger charge is -2.17. The van der Waals surface area contributed by atoms with Crippen LogP contribution in [0, 0.1) is 11.8 Å². The van der Waals surface area contributed by atoms with Crippen LogP contribution >= 0.6 is 0 Å². The second-order valence-electron chi connectivity index (χ2n) is 5.14. The van der Waals surface area contributed by atoms with Gasteiger partial charge in [0.1, 0.15) is 0 Å². The van der Waals surface area contributed by atoms with E-state index in [1.54, 1.807) is 38.2 Å². The zero-order valence-corrected chi connectivity index (χ0v) is 12.3. The Bertz CT molecular complexity index is 557. The molecule has 21 heavy (non-hydrogen) atoms. The maximum atomic E-state index is 12.1. The first-order valence-corrected chi connectivity index (χ1v) is 6.70. The van der Waals surface area contributed by atoms with Crippen LogP contribution in [0.25, 0.3) is 0 Å². The molecule has 6 nitrogen and oxygen atoms in total. The largest absolute Gasteiger partial charge is 0.493 e. The van der Waals surface area contributed by atoms with E-state index in [9.17, 15) is 9.59 Å². The van der Waals surface area contributed by atoms with Gasteiger partial charge in [0.05, 0.1) is 26.1 Å². The maximum absolute atomic E-state index is 12.1. The van der Waals surface area contributed by atoms with Crippen LogP contribution in [0.2, 0.25) is 0 Å². The highest BCUT2D eigenvalue weighted by Crippen LogP contribution is 2.30. The molecule has 1 heterocycles. The molecule has 0 bridgehead atoms. The quantitative estimate of drug-likeness (QED) is 0.887. The number of carbonyl (C=O) groups excluding carboxylic acids is 1. The minimum atomic E-state index is -0.925. The van der Waals surface area contributed by atoms with Crippen molar-refractivity contribution >= 4 is 11.9 Å². The predicted octanol–water partition coefficient (Wildman–Crippen LogP) is 1.38. The van der Waals surface area contributed by atoms with E-state index in [-0.39, 0.29) is 12.5 Å². The van der Waals surface area contributed by atoms with Crippen LogP contribution in [0.4, 0.5) is 0 Å². The minimum Gasteiger partial charge on any atom is -0.493 e. The molecule has 0 spiro atoms. The van der Waals surface area contributed by atoms with Crippen molar-refractivity contribution in [1.82, 2.24) is 4.90 Å². The van der Waals surface area contributed by atoms with Crippen molar-refractivity contribution in [3.05, 3.63) is 23.8 Å². The molecule has 0 radical (unpaired) electrons. The van der Waals surface area contributed by atoms with E-state index in [4.69, 9.17) is 14.6 Å². The van der Waals surface area contributed by atoms with Gasteiger partial charge in [-0.25, -0.2) is 0 Å². The van der Waals surface area contributed by atoms with Gasteiger partial charge in [0.15, 0.2) is 11.5 Å². The van der Waals surface area contributed by atoms with Crippen LogP contribution in [-0.4, -0.2) is 42.6 Å². The number of methoxy groups -OCH3 is 2. The summed E-state index contributed by atoms with van der Waals surface area (Å²) in [5.74, 6) is -0.974. The lowest BCUT2D eigenvalue weighted by molar-refractivity contribution is -0.143. The summed E-state index contributed by atoms with van der Waals surface area (Å²) in [5.41, 5.74) is 0.874. The fourth-order valence-electron chi connectivity index (χ4n) is 2.58. The van der Waals surface area contributed by atoms with Crippen LogP contribution in [0.15, 0.2) is 18.2 Å². The first-order valence-electron chi connectivity index (χ1n) is 6.70. The summed E-state index contributed by atoms with van der Waals surface area (Å²) < 4.78 is 10.4. The van der Waals surface area contributed by atoms with Gasteiger partial charge in [0, 0.05) is 13.1 Å². The molecule has 1 aliphatic rings. The number of carbonyl (C=O) groups is 2. The van der Waals surface area contributed by atoms with Gasteiger partial charge >= 0.3 is 5.97 Å². The topological polar surface area (TPSA) is 76.1 Å². The van der Waals surface area contributed by atoms with E-state index >= 15 is 0 Å². The van der Waals surface area contributed by atoms with Crippen molar-refractivity contribution in [1.29, 1.82) is 0 Å². The van der Waals surface area contributed by atoms with Crippen LogP contribution < -0.4 is 9.47 Å². The number of hydrogen-bond donors (Lipinski definition) is 1. The van der Waals surface area contributed by atoms with Crippen LogP contribution in [0.3, 0.4) is 0 Å². The molecular weight excluding hydrogens is 274 g/mol. The van der Waals surface area contributed by atoms with Crippen LogP contribution in [0.5, 0.6) is 11.5 Å². The van der Waals surface area contributed by atoms with E-state index < -0.39 is 17.8 Å². The van der Waals surface area contributed by atoms with Gasteiger partial charge in [0.2, 0.25) is 5.91 Å². The van der Waals surface area contributed by atoms with E-state index in [1.807, 2.05) is 6.07 Å². The number of hydrogen-bond acceptors (Lipinski definition) is 4. The summed E-state index contributed by atoms with van der Waals surface area (Å²) in [6, 6.07) is 5.41. The molecule has 0 saturated carbocycles. The Morgan fingerprint density at radius 3 is 2.52 bits per heavy atom. The van der Waals surface area contributed by atoms with Gasteiger partial charge in [-0.3, -0.25) is 9.59 Å². The Morgan fingerprint density at radius 2 is 2.00 bits per heavy atom. The van der Waals surface area contributed by atoms with E-state index in [2.05, 4.69) is 0 Å². The Labute approximate surface area is 123 Å². The molecule has 1 N–H and O–H groups in total. The minimum absolute atomic E-state index is 0.128. The highest BCUT2D eigenvalue weighted by atomic mass is 16.5. The van der Waals surface area contributed by atoms with Crippen molar-refractivity contribution in [3.63, 3.8) is 0 Å². The summed E-state index contributed by atoms with van der Waals surface area (Å²) >= 11 is 0. The number of carboxylic acids is 1. The fourth-order valence-corrected chi connectivity index (χ4v) is 2.58. The number of benzene rings is 1. The number of aliphatic carboxylic acids is 1. The van der Waals surface area contributed by atoms with Crippen molar-refractivity contribution < 1.29 is 24.2 Å². The number of rotatable bonds is 5. The normalized spacial score (nSPS) is 21.5. The predicted molar refractivity (Wildman–Crippen MR) is 75.3 cm³/mol. The third kappa shape index (κ3) is 2.94. The Hall–Kier alpha value is -2.24. The Morgan fingerprint density at radius 1 is 1.33 bits per heavy atom. The lowest BCUT2D eigenvalue weighted by atomic mass is 9.98. The lowest BCUT2D eigenvalue weighted by Crippen LogP contribution is -2.26. The van der Waals surface area contributed by atoms with Gasteiger partial charge < -0.3 is 19.5 Å².